The summed E-state index contributed by atoms with van der Waals surface area (Å²) in [5.41, 5.74) is 2.60. The summed E-state index contributed by atoms with van der Waals surface area (Å²) in [6.45, 7) is 2.52. The summed E-state index contributed by atoms with van der Waals surface area (Å²) in [6, 6.07) is 11.5. The van der Waals surface area contributed by atoms with Crippen LogP contribution in [-0.4, -0.2) is 21.6 Å². The van der Waals surface area contributed by atoms with Crippen LogP contribution in [0, 0.1) is 0 Å². The fourth-order valence-corrected chi connectivity index (χ4v) is 2.26. The molecule has 3 rings (SSSR count). The number of aromatic amines is 1. The van der Waals surface area contributed by atoms with Gasteiger partial charge in [0.05, 0.1) is 12.1 Å². The van der Waals surface area contributed by atoms with Gasteiger partial charge in [0.15, 0.2) is 5.65 Å². The van der Waals surface area contributed by atoms with Gasteiger partial charge in [-0.25, -0.2) is 4.98 Å². The van der Waals surface area contributed by atoms with Gasteiger partial charge in [-0.15, -0.1) is 0 Å². The average Bonchev–Trinajstić information content (AvgIpc) is 2.83. The Balaban J connectivity index is 1.91. The van der Waals surface area contributed by atoms with E-state index in [-0.39, 0.29) is 0 Å². The smallest absolute Gasteiger partial charge is 0.215 e. The summed E-state index contributed by atoms with van der Waals surface area (Å²) in [7, 11) is 0. The van der Waals surface area contributed by atoms with Crippen molar-refractivity contribution in [2.75, 3.05) is 6.61 Å². The van der Waals surface area contributed by atoms with Gasteiger partial charge >= 0.3 is 0 Å². The minimum absolute atomic E-state index is 0.593. The second kappa shape index (κ2) is 5.51. The van der Waals surface area contributed by atoms with Crippen LogP contribution in [0.3, 0.4) is 0 Å². The van der Waals surface area contributed by atoms with Gasteiger partial charge in [0.1, 0.15) is 5.82 Å². The molecular formula is C15H14ClN3O. The number of hydrogen-bond donors (Lipinski definition) is 1. The lowest BCUT2D eigenvalue weighted by atomic mass is 10.1. The normalized spacial score (nSPS) is 10.9. The molecule has 2 heterocycles. The third-order valence-electron chi connectivity index (χ3n) is 2.98. The predicted octanol–water partition coefficient (Wildman–Crippen LogP) is 3.60. The average molecular weight is 288 g/mol. The molecule has 4 nitrogen and oxygen atoms in total. The first kappa shape index (κ1) is 12.9. The summed E-state index contributed by atoms with van der Waals surface area (Å²) < 4.78 is 5.37. The Morgan fingerprint density at radius 2 is 2.00 bits per heavy atom. The van der Waals surface area contributed by atoms with Gasteiger partial charge in [-0.05, 0) is 24.6 Å². The van der Waals surface area contributed by atoms with Crippen molar-refractivity contribution in [2.24, 2.45) is 0 Å². The summed E-state index contributed by atoms with van der Waals surface area (Å²) in [4.78, 5) is 12.1. The van der Waals surface area contributed by atoms with E-state index in [0.717, 1.165) is 21.9 Å². The van der Waals surface area contributed by atoms with E-state index in [1.807, 2.05) is 43.3 Å². The molecule has 0 unspecified atom stereocenters. The van der Waals surface area contributed by atoms with Crippen LogP contribution in [0.1, 0.15) is 18.3 Å². The maximum atomic E-state index is 6.16. The molecule has 0 aliphatic rings. The molecule has 0 spiro atoms. The van der Waals surface area contributed by atoms with Crippen molar-refractivity contribution in [1.29, 1.82) is 0 Å². The van der Waals surface area contributed by atoms with Crippen molar-refractivity contribution in [2.45, 2.75) is 13.3 Å². The summed E-state index contributed by atoms with van der Waals surface area (Å²) in [6.07, 6.45) is 0.653. The van der Waals surface area contributed by atoms with Crippen LogP contribution < -0.4 is 4.74 Å². The summed E-state index contributed by atoms with van der Waals surface area (Å²) >= 11 is 6.16. The number of fused-ring (bicyclic) bond motifs is 1. The fraction of sp³-hybridized carbons (Fsp3) is 0.200. The molecule has 0 aliphatic heterocycles. The molecule has 5 heteroatoms. The van der Waals surface area contributed by atoms with Crippen molar-refractivity contribution >= 4 is 22.8 Å². The number of H-pyrrole nitrogens is 1. The molecule has 1 aromatic carbocycles. The quantitative estimate of drug-likeness (QED) is 0.797. The topological polar surface area (TPSA) is 50.8 Å². The lowest BCUT2D eigenvalue weighted by Gasteiger charge is -2.00. The Kier molecular flexibility index (Phi) is 3.56. The van der Waals surface area contributed by atoms with E-state index in [9.17, 15) is 0 Å². The predicted molar refractivity (Wildman–Crippen MR) is 79.3 cm³/mol. The molecule has 2 aromatic heterocycles. The highest BCUT2D eigenvalue weighted by molar-refractivity contribution is 6.31. The first-order valence-corrected chi connectivity index (χ1v) is 6.86. The zero-order valence-electron chi connectivity index (χ0n) is 11.1. The molecule has 0 fully saturated rings. The molecule has 20 heavy (non-hydrogen) atoms. The van der Waals surface area contributed by atoms with Crippen LogP contribution >= 0.6 is 11.6 Å². The van der Waals surface area contributed by atoms with Gasteiger partial charge in [-0.2, -0.15) is 4.98 Å². The van der Waals surface area contributed by atoms with E-state index in [4.69, 9.17) is 16.3 Å². The van der Waals surface area contributed by atoms with Crippen LogP contribution in [0.4, 0.5) is 0 Å². The Morgan fingerprint density at radius 1 is 1.15 bits per heavy atom. The second-order valence-electron chi connectivity index (χ2n) is 4.41. The number of halogens is 1. The molecule has 0 saturated carbocycles. The van der Waals surface area contributed by atoms with Gasteiger partial charge in [0.2, 0.25) is 5.88 Å². The monoisotopic (exact) mass is 287 g/mol. The maximum absolute atomic E-state index is 6.16. The van der Waals surface area contributed by atoms with E-state index < -0.39 is 0 Å². The third kappa shape index (κ3) is 2.60. The van der Waals surface area contributed by atoms with E-state index in [1.165, 1.54) is 0 Å². The number of ether oxygens (including phenoxy) is 1. The van der Waals surface area contributed by atoms with Crippen molar-refractivity contribution in [3.05, 3.63) is 52.8 Å². The first-order valence-electron chi connectivity index (χ1n) is 6.48. The molecule has 102 valence electrons. The summed E-state index contributed by atoms with van der Waals surface area (Å²) in [5.74, 6) is 1.44. The third-order valence-corrected chi connectivity index (χ3v) is 3.35. The number of rotatable bonds is 4. The van der Waals surface area contributed by atoms with Crippen LogP contribution in [0.5, 0.6) is 5.88 Å². The number of imidazole rings is 1. The summed E-state index contributed by atoms with van der Waals surface area (Å²) in [5, 5.41) is 0.746. The Labute approximate surface area is 121 Å². The van der Waals surface area contributed by atoms with Crippen molar-refractivity contribution in [3.63, 3.8) is 0 Å². The molecule has 0 aliphatic carbocycles. The van der Waals surface area contributed by atoms with Crippen molar-refractivity contribution in [3.8, 4) is 5.88 Å². The van der Waals surface area contributed by atoms with Crippen molar-refractivity contribution < 1.29 is 4.74 Å². The molecule has 1 N–H and O–H groups in total. The first-order chi connectivity index (χ1) is 9.76. The van der Waals surface area contributed by atoms with Crippen LogP contribution in [0.25, 0.3) is 11.2 Å². The number of pyridine rings is 1. The standard InChI is InChI=1S/C15H14ClN3O/c1-2-20-14-8-7-12-15(19-14)18-13(17-12)9-10-5-3-4-6-11(10)16/h3-8H,2,9H2,1H3,(H,17,18,19). The molecule has 0 bridgehead atoms. The van der Waals surface area contributed by atoms with Gasteiger partial charge < -0.3 is 9.72 Å². The number of hydrogen-bond acceptors (Lipinski definition) is 3. The highest BCUT2D eigenvalue weighted by atomic mass is 35.5. The van der Waals surface area contributed by atoms with Gasteiger partial charge in [-0.1, -0.05) is 29.8 Å². The lowest BCUT2D eigenvalue weighted by Crippen LogP contribution is -1.94. The molecule has 0 radical (unpaired) electrons. The zero-order valence-corrected chi connectivity index (χ0v) is 11.8. The van der Waals surface area contributed by atoms with Gasteiger partial charge in [0.25, 0.3) is 0 Å². The maximum Gasteiger partial charge on any atom is 0.215 e. The van der Waals surface area contributed by atoms with E-state index >= 15 is 0 Å². The zero-order chi connectivity index (χ0) is 13.9. The highest BCUT2D eigenvalue weighted by Gasteiger charge is 2.08. The van der Waals surface area contributed by atoms with Crippen LogP contribution in [0.2, 0.25) is 5.02 Å². The largest absolute Gasteiger partial charge is 0.478 e. The molecule has 3 aromatic rings. The van der Waals surface area contributed by atoms with Gasteiger partial charge in [0, 0.05) is 17.5 Å². The number of nitrogens with zero attached hydrogens (tertiary/aromatic N) is 2. The van der Waals surface area contributed by atoms with Crippen LogP contribution in [0.15, 0.2) is 36.4 Å². The molecule has 0 saturated heterocycles. The van der Waals surface area contributed by atoms with E-state index in [0.29, 0.717) is 24.6 Å². The lowest BCUT2D eigenvalue weighted by molar-refractivity contribution is 0.328. The van der Waals surface area contributed by atoms with Gasteiger partial charge in [-0.3, -0.25) is 0 Å². The minimum atomic E-state index is 0.593. The van der Waals surface area contributed by atoms with E-state index in [2.05, 4.69) is 15.0 Å². The fourth-order valence-electron chi connectivity index (χ4n) is 2.06. The molecular weight excluding hydrogens is 274 g/mol. The molecule has 0 atom stereocenters. The van der Waals surface area contributed by atoms with E-state index in [1.54, 1.807) is 0 Å². The Hall–Kier alpha value is -2.07. The number of benzene rings is 1. The van der Waals surface area contributed by atoms with Crippen LogP contribution in [-0.2, 0) is 6.42 Å². The number of nitrogens with one attached hydrogen (secondary N) is 1. The Bertz CT molecular complexity index is 739. The minimum Gasteiger partial charge on any atom is -0.478 e. The highest BCUT2D eigenvalue weighted by Crippen LogP contribution is 2.20. The number of aromatic nitrogens is 3. The molecule has 0 amide bonds. The SMILES string of the molecule is CCOc1ccc2[nH]c(Cc3ccccc3Cl)nc2n1. The van der Waals surface area contributed by atoms with Crippen molar-refractivity contribution in [1.82, 2.24) is 15.0 Å². The second-order valence-corrected chi connectivity index (χ2v) is 4.81. The Morgan fingerprint density at radius 3 is 2.80 bits per heavy atom.